The van der Waals surface area contributed by atoms with E-state index < -0.39 is 5.82 Å². The van der Waals surface area contributed by atoms with Crippen LogP contribution in [0.5, 0.6) is 5.75 Å². The normalized spacial score (nSPS) is 19.7. The van der Waals surface area contributed by atoms with Gasteiger partial charge in [0.15, 0.2) is 11.6 Å². The van der Waals surface area contributed by atoms with Crippen molar-refractivity contribution in [2.75, 3.05) is 19.7 Å². The van der Waals surface area contributed by atoms with Crippen LogP contribution in [0.4, 0.5) is 4.39 Å². The van der Waals surface area contributed by atoms with Gasteiger partial charge >= 0.3 is 0 Å². The van der Waals surface area contributed by atoms with Crippen LogP contribution in [-0.4, -0.2) is 36.5 Å². The summed E-state index contributed by atoms with van der Waals surface area (Å²) in [5.41, 5.74) is 9.21. The van der Waals surface area contributed by atoms with Crippen molar-refractivity contribution >= 4 is 23.1 Å². The fraction of sp³-hybridized carbons (Fsp3) is 0.417. The van der Waals surface area contributed by atoms with Gasteiger partial charge in [0.25, 0.3) is 5.91 Å². The number of carbonyl (C=O) groups excluding carboxylic acids is 1. The quantitative estimate of drug-likeness (QED) is 0.249. The van der Waals surface area contributed by atoms with Gasteiger partial charge in [0.1, 0.15) is 0 Å². The Morgan fingerprint density at radius 2 is 1.81 bits per heavy atom. The van der Waals surface area contributed by atoms with Crippen LogP contribution in [0.1, 0.15) is 59.1 Å². The molecule has 2 atom stereocenters. The van der Waals surface area contributed by atoms with Crippen LogP contribution in [-0.2, 0) is 17.8 Å². The second-order valence-electron chi connectivity index (χ2n) is 12.3. The van der Waals surface area contributed by atoms with Gasteiger partial charge < -0.3 is 15.0 Å². The van der Waals surface area contributed by atoms with E-state index in [1.807, 2.05) is 6.92 Å². The van der Waals surface area contributed by atoms with Crippen LogP contribution in [0.25, 0.3) is 5.57 Å². The van der Waals surface area contributed by atoms with E-state index in [2.05, 4.69) is 66.5 Å². The van der Waals surface area contributed by atoms with Crippen molar-refractivity contribution in [1.29, 1.82) is 0 Å². The van der Waals surface area contributed by atoms with Crippen molar-refractivity contribution in [1.82, 2.24) is 10.2 Å². The van der Waals surface area contributed by atoms with Gasteiger partial charge in [-0.25, -0.2) is 4.39 Å². The van der Waals surface area contributed by atoms with E-state index >= 15 is 0 Å². The van der Waals surface area contributed by atoms with Gasteiger partial charge in [0, 0.05) is 30.6 Å². The summed E-state index contributed by atoms with van der Waals surface area (Å²) in [7, 11) is 0. The summed E-state index contributed by atoms with van der Waals surface area (Å²) in [6.45, 7) is 9.06. The number of halogens is 2. The molecule has 4 nitrogen and oxygen atoms in total. The lowest BCUT2D eigenvalue weighted by Crippen LogP contribution is -2.36. The summed E-state index contributed by atoms with van der Waals surface area (Å²) < 4.78 is 19.8. The Bertz CT molecular complexity index is 1510. The molecule has 0 spiro atoms. The molecule has 1 saturated heterocycles. The fourth-order valence-electron chi connectivity index (χ4n) is 6.60. The molecule has 1 heterocycles. The number of benzene rings is 3. The zero-order valence-electron chi connectivity index (χ0n) is 24.8. The van der Waals surface area contributed by atoms with Gasteiger partial charge in [-0.05, 0) is 110 Å². The van der Waals surface area contributed by atoms with Crippen LogP contribution in [0.15, 0.2) is 60.2 Å². The molecule has 2 aliphatic carbocycles. The molecule has 3 aromatic rings. The Morgan fingerprint density at radius 1 is 1.02 bits per heavy atom. The molecule has 1 aliphatic heterocycles. The van der Waals surface area contributed by atoms with Crippen LogP contribution >= 0.6 is 11.6 Å². The van der Waals surface area contributed by atoms with Crippen molar-refractivity contribution in [3.63, 3.8) is 0 Å². The molecule has 3 aliphatic rings. The first-order valence-corrected chi connectivity index (χ1v) is 15.7. The van der Waals surface area contributed by atoms with Gasteiger partial charge in [-0.15, -0.1) is 0 Å². The Hall–Kier alpha value is -3.15. The molecule has 0 radical (unpaired) electrons. The summed E-state index contributed by atoms with van der Waals surface area (Å²) in [6, 6.07) is 18.5. The average molecular weight is 587 g/mol. The highest BCUT2D eigenvalue weighted by molar-refractivity contribution is 6.32. The highest BCUT2D eigenvalue weighted by atomic mass is 35.5. The third-order valence-corrected chi connectivity index (χ3v) is 9.91. The van der Waals surface area contributed by atoms with Gasteiger partial charge in [0.05, 0.1) is 11.6 Å². The number of allylic oxidation sites excluding steroid dienone is 1. The van der Waals surface area contributed by atoms with E-state index in [1.165, 1.54) is 33.9 Å². The first-order valence-electron chi connectivity index (χ1n) is 15.3. The predicted octanol–water partition coefficient (Wildman–Crippen LogP) is 7.60. The number of aryl methyl sites for hydroxylation is 3. The molecule has 6 heteroatoms. The smallest absolute Gasteiger partial charge is 0.250 e. The highest BCUT2D eigenvalue weighted by Gasteiger charge is 2.44. The molecule has 2 fully saturated rings. The van der Waals surface area contributed by atoms with E-state index in [-0.39, 0.29) is 17.6 Å². The monoisotopic (exact) mass is 586 g/mol. The lowest BCUT2D eigenvalue weighted by Gasteiger charge is -2.27. The largest absolute Gasteiger partial charge is 0.489 e. The van der Waals surface area contributed by atoms with Gasteiger partial charge in [-0.1, -0.05) is 60.1 Å². The van der Waals surface area contributed by atoms with Crippen LogP contribution in [0, 0.1) is 38.4 Å². The Labute approximate surface area is 253 Å². The van der Waals surface area contributed by atoms with Crippen molar-refractivity contribution in [2.45, 2.75) is 65.5 Å². The van der Waals surface area contributed by atoms with Crippen LogP contribution < -0.4 is 10.1 Å². The summed E-state index contributed by atoms with van der Waals surface area (Å²) in [5.74, 6) is 0.687. The summed E-state index contributed by atoms with van der Waals surface area (Å²) >= 11 is 6.24. The van der Waals surface area contributed by atoms with Crippen molar-refractivity contribution in [3.05, 3.63) is 104 Å². The van der Waals surface area contributed by atoms with Gasteiger partial charge in [-0.3, -0.25) is 4.79 Å². The first kappa shape index (κ1) is 28.9. The number of rotatable bonds is 10. The van der Waals surface area contributed by atoms with E-state index in [0.29, 0.717) is 30.1 Å². The highest BCUT2D eigenvalue weighted by Crippen LogP contribution is 2.46. The van der Waals surface area contributed by atoms with E-state index in [9.17, 15) is 9.18 Å². The Balaban J connectivity index is 1.18. The molecule has 0 bridgehead atoms. The van der Waals surface area contributed by atoms with Crippen molar-refractivity contribution < 1.29 is 13.9 Å². The predicted molar refractivity (Wildman–Crippen MR) is 167 cm³/mol. The minimum absolute atomic E-state index is 0.134. The number of carbonyl (C=O) groups is 1. The van der Waals surface area contributed by atoms with E-state index in [0.717, 1.165) is 61.9 Å². The number of amides is 1. The standard InChI is InChI=1S/C36H40ClFN2O2/c1-22-6-4-8-27(24(22)3)21-40(29-14-15-29)36(41)33-30(18-28-19-39-20-31(28)33)26-12-10-25(11-13-26)7-5-17-42-35-32(38)16-9-23(2)34(35)37/h4,6,8-13,16,28-29,31,39H,5,7,14-15,17-21H2,1-3H3/t28-,31+/m0/s1. The zero-order chi connectivity index (χ0) is 29.4. The van der Waals surface area contributed by atoms with Gasteiger partial charge in [0.2, 0.25) is 0 Å². The fourth-order valence-corrected chi connectivity index (χ4v) is 6.81. The lowest BCUT2D eigenvalue weighted by atomic mass is 9.93. The molecule has 3 aromatic carbocycles. The van der Waals surface area contributed by atoms with Gasteiger partial charge in [-0.2, -0.15) is 0 Å². The number of hydrogen-bond acceptors (Lipinski definition) is 3. The Kier molecular flexibility index (Phi) is 8.42. The lowest BCUT2D eigenvalue weighted by molar-refractivity contribution is -0.128. The average Bonchev–Trinajstić information content (AvgIpc) is 3.61. The maximum Gasteiger partial charge on any atom is 0.250 e. The third kappa shape index (κ3) is 5.87. The van der Waals surface area contributed by atoms with E-state index in [4.69, 9.17) is 16.3 Å². The second kappa shape index (κ2) is 12.2. The first-order chi connectivity index (χ1) is 20.3. The summed E-state index contributed by atoms with van der Waals surface area (Å²) in [4.78, 5) is 16.5. The number of fused-ring (bicyclic) bond motifs is 1. The van der Waals surface area contributed by atoms with Crippen molar-refractivity contribution in [3.8, 4) is 5.75 Å². The number of hydrogen-bond donors (Lipinski definition) is 1. The molecule has 0 aromatic heterocycles. The maximum atomic E-state index is 14.4. The number of nitrogens with zero attached hydrogens (tertiary/aromatic N) is 1. The molecule has 220 valence electrons. The van der Waals surface area contributed by atoms with Crippen molar-refractivity contribution in [2.24, 2.45) is 11.8 Å². The molecule has 1 saturated carbocycles. The SMILES string of the molecule is Cc1cccc(CN(C(=O)C2=C(c3ccc(CCCOc4c(F)ccc(C)c4Cl)cc3)C[C@H]3CNC[C@@H]23)C2CC2)c1C. The molecule has 0 unspecified atom stereocenters. The molecule has 1 amide bonds. The molecule has 6 rings (SSSR count). The topological polar surface area (TPSA) is 41.6 Å². The third-order valence-electron chi connectivity index (χ3n) is 9.44. The van der Waals surface area contributed by atoms with Crippen LogP contribution in [0.2, 0.25) is 5.02 Å². The number of nitrogens with one attached hydrogen (secondary N) is 1. The number of ether oxygens (including phenoxy) is 1. The summed E-state index contributed by atoms with van der Waals surface area (Å²) in [5, 5.41) is 3.88. The molecule has 42 heavy (non-hydrogen) atoms. The molecular formula is C36H40ClFN2O2. The van der Waals surface area contributed by atoms with Crippen LogP contribution in [0.3, 0.4) is 0 Å². The minimum atomic E-state index is -0.431. The second-order valence-corrected chi connectivity index (χ2v) is 12.7. The minimum Gasteiger partial charge on any atom is -0.489 e. The molecular weight excluding hydrogens is 547 g/mol. The van der Waals surface area contributed by atoms with E-state index in [1.54, 1.807) is 6.07 Å². The zero-order valence-corrected chi connectivity index (χ0v) is 25.6. The Morgan fingerprint density at radius 3 is 2.57 bits per heavy atom. The molecule has 1 N–H and O–H groups in total. The summed E-state index contributed by atoms with van der Waals surface area (Å²) in [6.07, 6.45) is 4.69. The maximum absolute atomic E-state index is 14.4.